The summed E-state index contributed by atoms with van der Waals surface area (Å²) in [5.74, 6) is -0.864. The Morgan fingerprint density at radius 1 is 1.47 bits per heavy atom. The van der Waals surface area contributed by atoms with Crippen LogP contribution >= 0.6 is 11.6 Å². The van der Waals surface area contributed by atoms with E-state index in [2.05, 4.69) is 4.90 Å². The number of likely N-dealkylation sites (tertiary alicyclic amines) is 1. The van der Waals surface area contributed by atoms with Crippen LogP contribution in [0.2, 0.25) is 5.02 Å². The molecular formula is C14H19ClN2O2. The molecule has 0 spiro atoms. The van der Waals surface area contributed by atoms with Crippen LogP contribution in [0.3, 0.4) is 0 Å². The largest absolute Gasteiger partial charge is 0.480 e. The number of carbonyl (C=O) groups is 1. The fraction of sp³-hybridized carbons (Fsp3) is 0.500. The second-order valence-corrected chi connectivity index (χ2v) is 5.56. The molecule has 5 heteroatoms. The predicted molar refractivity (Wildman–Crippen MR) is 75.1 cm³/mol. The highest BCUT2D eigenvalue weighted by Gasteiger charge is 2.28. The fourth-order valence-corrected chi connectivity index (χ4v) is 2.70. The minimum Gasteiger partial charge on any atom is -0.480 e. The summed E-state index contributed by atoms with van der Waals surface area (Å²) in [5, 5.41) is 9.71. The number of carboxylic acid groups (broad SMARTS) is 1. The number of halogens is 1. The number of nitrogens with zero attached hydrogens (tertiary/aromatic N) is 1. The standard InChI is InChI=1S/C14H19ClN2O2/c15-12-5-3-10(4-6-12)8-17-7-1-2-11(9-17)13(16)14(18)19/h3-6,11,13H,1-2,7-9,16H2,(H,18,19). The Kier molecular flexibility index (Phi) is 4.80. The lowest BCUT2D eigenvalue weighted by Gasteiger charge is -2.34. The van der Waals surface area contributed by atoms with Gasteiger partial charge in [0.05, 0.1) is 0 Å². The highest BCUT2D eigenvalue weighted by atomic mass is 35.5. The van der Waals surface area contributed by atoms with Crippen LogP contribution in [0.4, 0.5) is 0 Å². The van der Waals surface area contributed by atoms with Crippen molar-refractivity contribution in [1.82, 2.24) is 4.90 Å². The quantitative estimate of drug-likeness (QED) is 0.886. The first-order chi connectivity index (χ1) is 9.06. The van der Waals surface area contributed by atoms with E-state index in [4.69, 9.17) is 22.4 Å². The Hall–Kier alpha value is -1.10. The zero-order chi connectivity index (χ0) is 13.8. The van der Waals surface area contributed by atoms with E-state index in [-0.39, 0.29) is 5.92 Å². The van der Waals surface area contributed by atoms with Gasteiger partial charge in [-0.15, -0.1) is 0 Å². The van der Waals surface area contributed by atoms with E-state index in [0.29, 0.717) is 0 Å². The Morgan fingerprint density at radius 2 is 2.16 bits per heavy atom. The summed E-state index contributed by atoms with van der Waals surface area (Å²) in [4.78, 5) is 13.2. The number of hydrogen-bond acceptors (Lipinski definition) is 3. The van der Waals surface area contributed by atoms with Gasteiger partial charge in [-0.2, -0.15) is 0 Å². The molecule has 19 heavy (non-hydrogen) atoms. The Morgan fingerprint density at radius 3 is 2.79 bits per heavy atom. The molecule has 1 saturated heterocycles. The average molecular weight is 283 g/mol. The van der Waals surface area contributed by atoms with Gasteiger partial charge in [0.25, 0.3) is 0 Å². The van der Waals surface area contributed by atoms with Crippen molar-refractivity contribution in [3.63, 3.8) is 0 Å². The third-order valence-corrected chi connectivity index (χ3v) is 3.91. The minimum absolute atomic E-state index is 0.0403. The summed E-state index contributed by atoms with van der Waals surface area (Å²) >= 11 is 5.86. The van der Waals surface area contributed by atoms with Crippen LogP contribution in [0.1, 0.15) is 18.4 Å². The first-order valence-electron chi connectivity index (χ1n) is 6.51. The summed E-state index contributed by atoms with van der Waals surface area (Å²) in [6, 6.07) is 7.00. The fourth-order valence-electron chi connectivity index (χ4n) is 2.58. The van der Waals surface area contributed by atoms with Crippen LogP contribution in [0.15, 0.2) is 24.3 Å². The number of carboxylic acids is 1. The summed E-state index contributed by atoms with van der Waals surface area (Å²) in [6.07, 6.45) is 1.89. The van der Waals surface area contributed by atoms with Gasteiger partial charge in [0.1, 0.15) is 6.04 Å². The Bertz CT molecular complexity index is 436. The van der Waals surface area contributed by atoms with Gasteiger partial charge in [0.15, 0.2) is 0 Å². The Labute approximate surface area is 118 Å². The van der Waals surface area contributed by atoms with Crippen LogP contribution in [0.25, 0.3) is 0 Å². The molecule has 0 amide bonds. The SMILES string of the molecule is NC(C(=O)O)C1CCCN(Cc2ccc(Cl)cc2)C1. The van der Waals surface area contributed by atoms with Crippen molar-refractivity contribution >= 4 is 17.6 Å². The van der Waals surface area contributed by atoms with Crippen molar-refractivity contribution in [2.75, 3.05) is 13.1 Å². The molecule has 0 bridgehead atoms. The van der Waals surface area contributed by atoms with Gasteiger partial charge >= 0.3 is 5.97 Å². The molecule has 2 rings (SSSR count). The molecule has 0 radical (unpaired) electrons. The molecule has 0 aromatic heterocycles. The second kappa shape index (κ2) is 6.37. The van der Waals surface area contributed by atoms with Crippen LogP contribution in [0.5, 0.6) is 0 Å². The second-order valence-electron chi connectivity index (χ2n) is 5.13. The molecule has 104 valence electrons. The van der Waals surface area contributed by atoms with Crippen LogP contribution < -0.4 is 5.73 Å². The van der Waals surface area contributed by atoms with Gasteiger partial charge in [0, 0.05) is 18.1 Å². The average Bonchev–Trinajstić information content (AvgIpc) is 2.41. The molecule has 1 aromatic carbocycles. The number of rotatable bonds is 4. The van der Waals surface area contributed by atoms with E-state index < -0.39 is 12.0 Å². The maximum absolute atomic E-state index is 10.9. The molecule has 1 fully saturated rings. The molecule has 4 nitrogen and oxygen atoms in total. The van der Waals surface area contributed by atoms with Crippen LogP contribution in [-0.2, 0) is 11.3 Å². The zero-order valence-electron chi connectivity index (χ0n) is 10.8. The van der Waals surface area contributed by atoms with E-state index in [9.17, 15) is 4.79 Å². The van der Waals surface area contributed by atoms with Crippen molar-refractivity contribution < 1.29 is 9.90 Å². The molecule has 0 saturated carbocycles. The topological polar surface area (TPSA) is 66.6 Å². The summed E-state index contributed by atoms with van der Waals surface area (Å²) in [5.41, 5.74) is 6.91. The highest BCUT2D eigenvalue weighted by Crippen LogP contribution is 2.21. The first kappa shape index (κ1) is 14.3. The van der Waals surface area contributed by atoms with Crippen molar-refractivity contribution in [1.29, 1.82) is 0 Å². The smallest absolute Gasteiger partial charge is 0.320 e. The molecule has 2 atom stereocenters. The molecule has 2 unspecified atom stereocenters. The monoisotopic (exact) mass is 282 g/mol. The number of hydrogen-bond donors (Lipinski definition) is 2. The molecule has 1 aromatic rings. The normalized spacial score (nSPS) is 22.1. The first-order valence-corrected chi connectivity index (χ1v) is 6.89. The van der Waals surface area contributed by atoms with Crippen molar-refractivity contribution in [3.8, 4) is 0 Å². The molecular weight excluding hydrogens is 264 g/mol. The molecule has 3 N–H and O–H groups in total. The lowest BCUT2D eigenvalue weighted by molar-refractivity contribution is -0.140. The van der Waals surface area contributed by atoms with Crippen LogP contribution in [0, 0.1) is 5.92 Å². The van der Waals surface area contributed by atoms with Crippen molar-refractivity contribution in [2.45, 2.75) is 25.4 Å². The van der Waals surface area contributed by atoms with Crippen LogP contribution in [-0.4, -0.2) is 35.1 Å². The number of benzene rings is 1. The minimum atomic E-state index is -0.904. The maximum Gasteiger partial charge on any atom is 0.320 e. The van der Waals surface area contributed by atoms with E-state index in [1.54, 1.807) is 0 Å². The molecule has 0 aliphatic carbocycles. The lowest BCUT2D eigenvalue weighted by atomic mass is 9.91. The summed E-state index contributed by atoms with van der Waals surface area (Å²) in [7, 11) is 0. The third kappa shape index (κ3) is 3.93. The van der Waals surface area contributed by atoms with Crippen molar-refractivity contribution in [3.05, 3.63) is 34.9 Å². The molecule has 1 aliphatic heterocycles. The predicted octanol–water partition coefficient (Wildman–Crippen LogP) is 1.96. The van der Waals surface area contributed by atoms with Gasteiger partial charge in [-0.05, 0) is 43.0 Å². The third-order valence-electron chi connectivity index (χ3n) is 3.65. The van der Waals surface area contributed by atoms with Gasteiger partial charge < -0.3 is 10.8 Å². The number of aliphatic carboxylic acids is 1. The lowest BCUT2D eigenvalue weighted by Crippen LogP contribution is -2.46. The molecule has 1 heterocycles. The van der Waals surface area contributed by atoms with E-state index >= 15 is 0 Å². The van der Waals surface area contributed by atoms with Gasteiger partial charge in [-0.3, -0.25) is 9.69 Å². The highest BCUT2D eigenvalue weighted by molar-refractivity contribution is 6.30. The van der Waals surface area contributed by atoms with E-state index in [0.717, 1.165) is 37.5 Å². The number of piperidine rings is 1. The van der Waals surface area contributed by atoms with Gasteiger partial charge in [0.2, 0.25) is 0 Å². The Balaban J connectivity index is 1.94. The zero-order valence-corrected chi connectivity index (χ0v) is 11.5. The summed E-state index contributed by atoms with van der Waals surface area (Å²) < 4.78 is 0. The maximum atomic E-state index is 10.9. The van der Waals surface area contributed by atoms with Gasteiger partial charge in [-0.1, -0.05) is 23.7 Å². The van der Waals surface area contributed by atoms with E-state index in [1.165, 1.54) is 5.56 Å². The molecule has 1 aliphatic rings. The number of nitrogens with two attached hydrogens (primary N) is 1. The summed E-state index contributed by atoms with van der Waals surface area (Å²) in [6.45, 7) is 2.56. The van der Waals surface area contributed by atoms with E-state index in [1.807, 2.05) is 24.3 Å². The van der Waals surface area contributed by atoms with Crippen molar-refractivity contribution in [2.24, 2.45) is 11.7 Å². The van der Waals surface area contributed by atoms with Gasteiger partial charge in [-0.25, -0.2) is 0 Å².